The molecule has 2 aromatic carbocycles. The molecular weight excluding hydrogens is 609 g/mol. The van der Waals surface area contributed by atoms with E-state index in [1.807, 2.05) is 65.6 Å². The van der Waals surface area contributed by atoms with Crippen molar-refractivity contribution in [3.63, 3.8) is 0 Å². The van der Waals surface area contributed by atoms with Crippen molar-refractivity contribution in [3.8, 4) is 33.8 Å². The number of nitrogens with one attached hydrogen (secondary N) is 2. The summed E-state index contributed by atoms with van der Waals surface area (Å²) in [6, 6.07) is 28.8. The number of carbonyl (C=O) groups excluding carboxylic acids is 1. The van der Waals surface area contributed by atoms with E-state index >= 15 is 0 Å². The van der Waals surface area contributed by atoms with Crippen LogP contribution >= 0.6 is 11.3 Å². The van der Waals surface area contributed by atoms with Gasteiger partial charge in [0.25, 0.3) is 5.56 Å². The van der Waals surface area contributed by atoms with Crippen LogP contribution in [-0.4, -0.2) is 32.6 Å². The molecule has 0 saturated heterocycles. The highest BCUT2D eigenvalue weighted by Crippen LogP contribution is 2.32. The summed E-state index contributed by atoms with van der Waals surface area (Å²) in [6.45, 7) is 0.414. The maximum Gasteiger partial charge on any atom is 0.322 e. The molecule has 1 saturated carbocycles. The summed E-state index contributed by atoms with van der Waals surface area (Å²) in [4.78, 5) is 38.1. The highest BCUT2D eigenvalue weighted by molar-refractivity contribution is 7.16. The van der Waals surface area contributed by atoms with Crippen molar-refractivity contribution in [1.29, 1.82) is 10.5 Å². The van der Waals surface area contributed by atoms with Gasteiger partial charge in [-0.25, -0.2) is 14.8 Å². The number of aromatic nitrogens is 3. The van der Waals surface area contributed by atoms with Gasteiger partial charge in [-0.05, 0) is 72.7 Å². The standard InChI is InChI=1S/C36H32N8O2S/c1-43-18-17-26(19-33(43)45)25-7-11-29(12-8-25)44(36(46)40-22-24-5-3-2-4-6-24)30-13-9-28(10-14-30)41-35-39-23-27(20-37)34(42-35)32-16-15-31(21-38)47-32/h2-8,11-12,15-19,23,28,30H,9-10,13-14,22H2,1H3,(H,40,46)(H,39,41,42). The number of benzene rings is 2. The van der Waals surface area contributed by atoms with Gasteiger partial charge in [0.1, 0.15) is 22.7 Å². The molecular formula is C36H32N8O2S. The van der Waals surface area contributed by atoms with Crippen LogP contribution in [0, 0.1) is 22.7 Å². The molecule has 2 N–H and O–H groups in total. The number of pyridine rings is 1. The van der Waals surface area contributed by atoms with Gasteiger partial charge in [0, 0.05) is 43.6 Å². The molecule has 0 atom stereocenters. The lowest BCUT2D eigenvalue weighted by Gasteiger charge is -2.37. The third-order valence-corrected chi connectivity index (χ3v) is 9.34. The Morgan fingerprint density at radius 3 is 2.43 bits per heavy atom. The van der Waals surface area contributed by atoms with E-state index in [9.17, 15) is 20.1 Å². The van der Waals surface area contributed by atoms with Gasteiger partial charge in [-0.15, -0.1) is 11.3 Å². The number of amides is 2. The van der Waals surface area contributed by atoms with Gasteiger partial charge < -0.3 is 15.2 Å². The maximum absolute atomic E-state index is 13.8. The van der Waals surface area contributed by atoms with Crippen molar-refractivity contribution in [1.82, 2.24) is 19.9 Å². The third-order valence-electron chi connectivity index (χ3n) is 8.34. The Balaban J connectivity index is 1.18. The van der Waals surface area contributed by atoms with E-state index in [1.54, 1.807) is 31.4 Å². The van der Waals surface area contributed by atoms with Gasteiger partial charge in [-0.2, -0.15) is 10.5 Å². The summed E-state index contributed by atoms with van der Waals surface area (Å²) in [5.41, 5.74) is 4.30. The summed E-state index contributed by atoms with van der Waals surface area (Å²) in [5.74, 6) is 0.429. The van der Waals surface area contributed by atoms with Gasteiger partial charge in [0.15, 0.2) is 0 Å². The third kappa shape index (κ3) is 7.22. The van der Waals surface area contributed by atoms with E-state index in [1.165, 1.54) is 22.1 Å². The number of urea groups is 1. The topological polar surface area (TPSA) is 140 Å². The zero-order valence-corrected chi connectivity index (χ0v) is 26.6. The molecule has 5 aromatic rings. The lowest BCUT2D eigenvalue weighted by molar-refractivity contribution is 0.240. The average molecular weight is 641 g/mol. The minimum atomic E-state index is -0.167. The number of aryl methyl sites for hydroxylation is 1. The molecule has 0 radical (unpaired) electrons. The average Bonchev–Trinajstić information content (AvgIpc) is 3.60. The number of nitrogens with zero attached hydrogens (tertiary/aromatic N) is 6. The van der Waals surface area contributed by atoms with E-state index < -0.39 is 0 Å². The second-order valence-electron chi connectivity index (χ2n) is 11.4. The lowest BCUT2D eigenvalue weighted by Crippen LogP contribution is -2.48. The minimum Gasteiger partial charge on any atom is -0.351 e. The number of rotatable bonds is 8. The SMILES string of the molecule is Cn1ccc(-c2ccc(N(C(=O)NCc3ccccc3)C3CCC(Nc4ncc(C#N)c(-c5ccc(C#N)s5)n4)CC3)cc2)cc1=O. The normalized spacial score (nSPS) is 15.6. The highest BCUT2D eigenvalue weighted by Gasteiger charge is 2.30. The zero-order valence-electron chi connectivity index (χ0n) is 25.8. The molecule has 47 heavy (non-hydrogen) atoms. The van der Waals surface area contributed by atoms with E-state index in [2.05, 4.69) is 32.7 Å². The van der Waals surface area contributed by atoms with Crippen LogP contribution in [-0.2, 0) is 13.6 Å². The molecule has 1 aliphatic carbocycles. The number of hydrogen-bond acceptors (Lipinski definition) is 8. The van der Waals surface area contributed by atoms with Crippen LogP contribution in [0.5, 0.6) is 0 Å². The second-order valence-corrected chi connectivity index (χ2v) is 12.5. The molecule has 2 amide bonds. The Bertz CT molecular complexity index is 2020. The van der Waals surface area contributed by atoms with Gasteiger partial charge in [-0.1, -0.05) is 42.5 Å². The molecule has 234 valence electrons. The zero-order chi connectivity index (χ0) is 32.8. The second kappa shape index (κ2) is 14.1. The fourth-order valence-corrected chi connectivity index (χ4v) is 6.61. The first-order valence-corrected chi connectivity index (χ1v) is 16.2. The van der Waals surface area contributed by atoms with Crippen LogP contribution in [0.1, 0.15) is 41.7 Å². The summed E-state index contributed by atoms with van der Waals surface area (Å²) in [6.07, 6.45) is 6.35. The lowest BCUT2D eigenvalue weighted by atomic mass is 9.90. The van der Waals surface area contributed by atoms with Crippen molar-refractivity contribution in [2.75, 3.05) is 10.2 Å². The smallest absolute Gasteiger partial charge is 0.322 e. The molecule has 10 nitrogen and oxygen atoms in total. The van der Waals surface area contributed by atoms with E-state index in [4.69, 9.17) is 0 Å². The Labute approximate surface area is 276 Å². The fourth-order valence-electron chi connectivity index (χ4n) is 5.80. The first-order chi connectivity index (χ1) is 22.9. The first-order valence-electron chi connectivity index (χ1n) is 15.3. The molecule has 6 rings (SSSR count). The van der Waals surface area contributed by atoms with Gasteiger partial charge in [-0.3, -0.25) is 9.69 Å². The molecule has 1 fully saturated rings. The quantitative estimate of drug-likeness (QED) is 0.199. The summed E-state index contributed by atoms with van der Waals surface area (Å²) in [5, 5.41) is 25.4. The highest BCUT2D eigenvalue weighted by atomic mass is 32.1. The van der Waals surface area contributed by atoms with Gasteiger partial charge >= 0.3 is 6.03 Å². The first kappa shape index (κ1) is 31.2. The van der Waals surface area contributed by atoms with Crippen LogP contribution in [0.4, 0.5) is 16.4 Å². The summed E-state index contributed by atoms with van der Waals surface area (Å²) in [7, 11) is 1.72. The minimum absolute atomic E-state index is 0.0355. The predicted octanol–water partition coefficient (Wildman–Crippen LogP) is 6.45. The van der Waals surface area contributed by atoms with Crippen LogP contribution in [0.2, 0.25) is 0 Å². The molecule has 3 heterocycles. The van der Waals surface area contributed by atoms with Crippen molar-refractivity contribution >= 4 is 29.0 Å². The Morgan fingerprint density at radius 1 is 0.979 bits per heavy atom. The molecule has 0 bridgehead atoms. The largest absolute Gasteiger partial charge is 0.351 e. The molecule has 1 aliphatic rings. The molecule has 0 unspecified atom stereocenters. The predicted molar refractivity (Wildman–Crippen MR) is 183 cm³/mol. The van der Waals surface area contributed by atoms with Crippen LogP contribution < -0.4 is 21.1 Å². The molecule has 11 heteroatoms. The number of carbonyl (C=O) groups is 1. The van der Waals surface area contributed by atoms with Gasteiger partial charge in [0.05, 0.1) is 16.6 Å². The van der Waals surface area contributed by atoms with Crippen molar-refractivity contribution in [3.05, 3.63) is 118 Å². The summed E-state index contributed by atoms with van der Waals surface area (Å²) >= 11 is 1.29. The number of hydrogen-bond donors (Lipinski definition) is 2. The molecule has 0 spiro atoms. The monoisotopic (exact) mass is 640 g/mol. The molecule has 3 aromatic heterocycles. The number of nitriles is 2. The van der Waals surface area contributed by atoms with E-state index in [0.29, 0.717) is 28.6 Å². The van der Waals surface area contributed by atoms with Crippen molar-refractivity contribution in [2.24, 2.45) is 7.05 Å². The Hall–Kier alpha value is -5.78. The Morgan fingerprint density at radius 2 is 1.74 bits per heavy atom. The number of anilines is 2. The Kier molecular flexibility index (Phi) is 9.37. The fraction of sp³-hybridized carbons (Fsp3) is 0.222. The van der Waals surface area contributed by atoms with Crippen LogP contribution in [0.25, 0.3) is 21.7 Å². The van der Waals surface area contributed by atoms with Gasteiger partial charge in [0.2, 0.25) is 5.95 Å². The van der Waals surface area contributed by atoms with E-state index in [0.717, 1.165) is 52.9 Å². The van der Waals surface area contributed by atoms with Crippen molar-refractivity contribution in [2.45, 2.75) is 44.3 Å². The van der Waals surface area contributed by atoms with Crippen LogP contribution in [0.15, 0.2) is 96.1 Å². The summed E-state index contributed by atoms with van der Waals surface area (Å²) < 4.78 is 1.53. The van der Waals surface area contributed by atoms with Crippen molar-refractivity contribution < 1.29 is 4.79 Å². The molecule has 0 aliphatic heterocycles. The van der Waals surface area contributed by atoms with E-state index in [-0.39, 0.29) is 23.7 Å². The number of thiophene rings is 1. The van der Waals surface area contributed by atoms with Crippen LogP contribution in [0.3, 0.4) is 0 Å². The maximum atomic E-state index is 13.8.